The maximum Gasteiger partial charge on any atom is 0.321 e. The number of rotatable bonds is 9. The highest BCUT2D eigenvalue weighted by Gasteiger charge is 2.44. The molecule has 3 heterocycles. The molecule has 220 valence electrons. The van der Waals surface area contributed by atoms with E-state index in [0.717, 1.165) is 58.5 Å². The van der Waals surface area contributed by atoms with Crippen molar-refractivity contribution in [3.05, 3.63) is 88.7 Å². The molecule has 3 unspecified atom stereocenters. The van der Waals surface area contributed by atoms with Gasteiger partial charge in [0.15, 0.2) is 0 Å². The number of carboxylic acids is 1. The first-order valence-electron chi connectivity index (χ1n) is 15.5. The molecule has 2 saturated heterocycles. The van der Waals surface area contributed by atoms with Crippen LogP contribution in [0.25, 0.3) is 0 Å². The monoisotopic (exact) mass is 556 g/mol. The van der Waals surface area contributed by atoms with Crippen molar-refractivity contribution < 1.29 is 9.90 Å². The molecule has 0 aliphatic carbocycles. The molecule has 2 aliphatic rings. The minimum Gasteiger partial charge on any atom is -0.480 e. The summed E-state index contributed by atoms with van der Waals surface area (Å²) in [6.07, 6.45) is 5.56. The van der Waals surface area contributed by atoms with Crippen LogP contribution < -0.4 is 0 Å². The first-order chi connectivity index (χ1) is 19.6. The molecule has 5 rings (SSSR count). The Morgan fingerprint density at radius 3 is 2.41 bits per heavy atom. The molecule has 0 bridgehead atoms. The Bertz CT molecular complexity index is 1300. The van der Waals surface area contributed by atoms with Gasteiger partial charge in [0.1, 0.15) is 6.04 Å². The fourth-order valence-electron chi connectivity index (χ4n) is 7.36. The van der Waals surface area contributed by atoms with E-state index in [1.54, 1.807) is 0 Å². The van der Waals surface area contributed by atoms with Crippen LogP contribution in [0.3, 0.4) is 0 Å². The van der Waals surface area contributed by atoms with Crippen molar-refractivity contribution in [1.29, 1.82) is 0 Å². The van der Waals surface area contributed by atoms with Crippen molar-refractivity contribution in [1.82, 2.24) is 19.6 Å². The van der Waals surface area contributed by atoms with Gasteiger partial charge in [-0.3, -0.25) is 14.4 Å². The normalized spacial score (nSPS) is 21.8. The molecule has 41 heavy (non-hydrogen) atoms. The average molecular weight is 557 g/mol. The van der Waals surface area contributed by atoms with Gasteiger partial charge in [0.2, 0.25) is 0 Å². The summed E-state index contributed by atoms with van der Waals surface area (Å²) in [6.45, 7) is 16.2. The summed E-state index contributed by atoms with van der Waals surface area (Å²) in [5.41, 5.74) is 6.26. The summed E-state index contributed by atoms with van der Waals surface area (Å²) >= 11 is 0. The third-order valence-corrected chi connectivity index (χ3v) is 9.27. The van der Waals surface area contributed by atoms with E-state index in [4.69, 9.17) is 5.10 Å². The maximum absolute atomic E-state index is 12.4. The van der Waals surface area contributed by atoms with Crippen molar-refractivity contribution in [2.45, 2.75) is 78.3 Å². The molecule has 3 atom stereocenters. The lowest BCUT2D eigenvalue weighted by Crippen LogP contribution is -2.48. The predicted molar refractivity (Wildman–Crippen MR) is 165 cm³/mol. The first kappa shape index (κ1) is 29.5. The molecule has 6 heteroatoms. The maximum atomic E-state index is 12.4. The highest BCUT2D eigenvalue weighted by Crippen LogP contribution is 2.39. The summed E-state index contributed by atoms with van der Waals surface area (Å²) in [4.78, 5) is 17.3. The number of carbonyl (C=O) groups is 1. The fraction of sp³-hybridized carbons (Fsp3) is 0.543. The minimum absolute atomic E-state index is 0.321. The number of hydrogen-bond acceptors (Lipinski definition) is 4. The minimum atomic E-state index is -0.707. The van der Waals surface area contributed by atoms with Crippen LogP contribution in [0.5, 0.6) is 0 Å². The largest absolute Gasteiger partial charge is 0.480 e. The lowest BCUT2D eigenvalue weighted by Gasteiger charge is -2.36. The Labute approximate surface area is 246 Å². The van der Waals surface area contributed by atoms with Crippen LogP contribution in [-0.4, -0.2) is 69.4 Å². The summed E-state index contributed by atoms with van der Waals surface area (Å²) < 4.78 is 2.13. The van der Waals surface area contributed by atoms with Crippen molar-refractivity contribution in [3.8, 4) is 0 Å². The number of aliphatic carboxylic acids is 1. The van der Waals surface area contributed by atoms with Crippen LogP contribution in [0, 0.1) is 18.3 Å². The van der Waals surface area contributed by atoms with Gasteiger partial charge in [-0.15, -0.1) is 0 Å². The standard InChI is InChI=1S/C35H48N4O2/c1-6-32-31(24-39(36-32)20-26-12-8-7-9-13-26)27-15-17-37(18-16-27)21-29-22-38(33(34(40)41)35(3,4)5)23-30(29)28-14-10-11-25(2)19-28/h7-14,19,24,27,29-30,33H,6,15-18,20-23H2,1-5H3,(H,40,41). The third kappa shape index (κ3) is 6.92. The highest BCUT2D eigenvalue weighted by atomic mass is 16.4. The number of aromatic nitrogens is 2. The Kier molecular flexibility index (Phi) is 9.00. The molecule has 2 fully saturated rings. The van der Waals surface area contributed by atoms with E-state index in [0.29, 0.717) is 17.8 Å². The number of likely N-dealkylation sites (tertiary alicyclic amines) is 2. The van der Waals surface area contributed by atoms with Crippen LogP contribution in [0.1, 0.15) is 80.3 Å². The third-order valence-electron chi connectivity index (χ3n) is 9.27. The number of nitrogens with zero attached hydrogens (tertiary/aromatic N) is 4. The van der Waals surface area contributed by atoms with E-state index in [-0.39, 0.29) is 5.41 Å². The molecule has 0 amide bonds. The average Bonchev–Trinajstić information content (AvgIpc) is 3.52. The van der Waals surface area contributed by atoms with Gasteiger partial charge in [-0.1, -0.05) is 87.9 Å². The van der Waals surface area contributed by atoms with Gasteiger partial charge >= 0.3 is 5.97 Å². The first-order valence-corrected chi connectivity index (χ1v) is 15.5. The molecule has 1 N–H and O–H groups in total. The van der Waals surface area contributed by atoms with E-state index < -0.39 is 12.0 Å². The highest BCUT2D eigenvalue weighted by molar-refractivity contribution is 5.74. The molecule has 3 aromatic rings. The molecule has 1 aromatic heterocycles. The SMILES string of the molecule is CCc1nn(Cc2ccccc2)cc1C1CCN(CC2CN(C(C(=O)O)C(C)(C)C)CC2c2cccc(C)c2)CC1. The van der Waals surface area contributed by atoms with Crippen LogP contribution in [-0.2, 0) is 17.8 Å². The van der Waals surface area contributed by atoms with Gasteiger partial charge in [-0.05, 0) is 73.2 Å². The van der Waals surface area contributed by atoms with Crippen LogP contribution >= 0.6 is 0 Å². The number of piperidine rings is 1. The summed E-state index contributed by atoms with van der Waals surface area (Å²) in [6, 6.07) is 18.9. The van der Waals surface area contributed by atoms with Gasteiger partial charge in [0.05, 0.1) is 12.2 Å². The van der Waals surface area contributed by atoms with Crippen LogP contribution in [0.2, 0.25) is 0 Å². The van der Waals surface area contributed by atoms with Crippen molar-refractivity contribution in [2.24, 2.45) is 11.3 Å². The van der Waals surface area contributed by atoms with Gasteiger partial charge in [-0.25, -0.2) is 0 Å². The number of aryl methyl sites for hydroxylation is 2. The number of carboxylic acid groups (broad SMARTS) is 1. The second-order valence-electron chi connectivity index (χ2n) is 13.5. The molecule has 0 saturated carbocycles. The smallest absolute Gasteiger partial charge is 0.321 e. The van der Waals surface area contributed by atoms with Gasteiger partial charge in [-0.2, -0.15) is 5.10 Å². The quantitative estimate of drug-likeness (QED) is 0.340. The molecule has 0 spiro atoms. The molecule has 6 nitrogen and oxygen atoms in total. The second-order valence-corrected chi connectivity index (χ2v) is 13.5. The van der Waals surface area contributed by atoms with E-state index in [1.807, 2.05) is 0 Å². The van der Waals surface area contributed by atoms with E-state index >= 15 is 0 Å². The Balaban J connectivity index is 1.27. The van der Waals surface area contributed by atoms with Crippen LogP contribution in [0.4, 0.5) is 0 Å². The molecule has 2 aromatic carbocycles. The topological polar surface area (TPSA) is 61.6 Å². The van der Waals surface area contributed by atoms with Gasteiger partial charge in [0.25, 0.3) is 0 Å². The van der Waals surface area contributed by atoms with E-state index in [2.05, 4.69) is 110 Å². The molecule has 0 radical (unpaired) electrons. The lowest BCUT2D eigenvalue weighted by molar-refractivity contribution is -0.147. The molecule has 2 aliphatic heterocycles. The van der Waals surface area contributed by atoms with Crippen molar-refractivity contribution in [2.75, 3.05) is 32.7 Å². The Morgan fingerprint density at radius 1 is 1.05 bits per heavy atom. The summed E-state index contributed by atoms with van der Waals surface area (Å²) in [7, 11) is 0. The number of hydrogen-bond donors (Lipinski definition) is 1. The van der Waals surface area contributed by atoms with Crippen LogP contribution in [0.15, 0.2) is 60.8 Å². The number of benzene rings is 2. The van der Waals surface area contributed by atoms with Crippen molar-refractivity contribution >= 4 is 5.97 Å². The lowest BCUT2D eigenvalue weighted by atomic mass is 9.85. The zero-order valence-electron chi connectivity index (χ0n) is 25.6. The predicted octanol–water partition coefficient (Wildman–Crippen LogP) is 6.20. The van der Waals surface area contributed by atoms with Crippen molar-refractivity contribution in [3.63, 3.8) is 0 Å². The Morgan fingerprint density at radius 2 is 1.78 bits per heavy atom. The van der Waals surface area contributed by atoms with E-state index in [1.165, 1.54) is 27.9 Å². The molecular weight excluding hydrogens is 508 g/mol. The summed E-state index contributed by atoms with van der Waals surface area (Å²) in [5, 5.41) is 15.1. The second kappa shape index (κ2) is 12.5. The van der Waals surface area contributed by atoms with Gasteiger partial charge in [0, 0.05) is 31.7 Å². The molecular formula is C35H48N4O2. The van der Waals surface area contributed by atoms with E-state index in [9.17, 15) is 9.90 Å². The zero-order valence-corrected chi connectivity index (χ0v) is 25.6. The fourth-order valence-corrected chi connectivity index (χ4v) is 7.36. The summed E-state index contributed by atoms with van der Waals surface area (Å²) in [5.74, 6) is 0.606. The Hall–Kier alpha value is -2.96. The van der Waals surface area contributed by atoms with Gasteiger partial charge < -0.3 is 10.0 Å². The zero-order chi connectivity index (χ0) is 29.1.